The van der Waals surface area contributed by atoms with Gasteiger partial charge in [-0.25, -0.2) is 8.42 Å². The fraction of sp³-hybridized carbons (Fsp3) is 0.278. The van der Waals surface area contributed by atoms with Crippen LogP contribution in [0.4, 0.5) is 5.69 Å². The van der Waals surface area contributed by atoms with E-state index in [0.29, 0.717) is 18.0 Å². The van der Waals surface area contributed by atoms with E-state index in [1.165, 1.54) is 12.1 Å². The summed E-state index contributed by atoms with van der Waals surface area (Å²) in [6.45, 7) is 4.46. The molecule has 6 heteroatoms. The molecule has 0 aliphatic rings. The molecule has 0 radical (unpaired) electrons. The molecule has 24 heavy (non-hydrogen) atoms. The summed E-state index contributed by atoms with van der Waals surface area (Å²) < 4.78 is 29.4. The van der Waals surface area contributed by atoms with E-state index in [2.05, 4.69) is 5.32 Å². The molecular formula is C18H21NO4S. The van der Waals surface area contributed by atoms with E-state index in [1.54, 1.807) is 18.2 Å². The Morgan fingerprint density at radius 3 is 2.54 bits per heavy atom. The van der Waals surface area contributed by atoms with Gasteiger partial charge in [-0.3, -0.25) is 4.79 Å². The fourth-order valence-corrected chi connectivity index (χ4v) is 3.12. The lowest BCUT2D eigenvalue weighted by Gasteiger charge is -2.14. The molecule has 0 spiro atoms. The number of anilines is 1. The first-order valence-electron chi connectivity index (χ1n) is 7.67. The summed E-state index contributed by atoms with van der Waals surface area (Å²) in [5.74, 6) is 0.0864. The van der Waals surface area contributed by atoms with E-state index in [1.807, 2.05) is 26.0 Å². The van der Waals surface area contributed by atoms with Gasteiger partial charge in [0.05, 0.1) is 22.8 Å². The van der Waals surface area contributed by atoms with Crippen LogP contribution in [0, 0.1) is 6.92 Å². The third kappa shape index (κ3) is 4.35. The van der Waals surface area contributed by atoms with Crippen LogP contribution in [0.3, 0.4) is 0 Å². The van der Waals surface area contributed by atoms with Crippen LogP contribution < -0.4 is 10.1 Å². The summed E-state index contributed by atoms with van der Waals surface area (Å²) in [6.07, 6.45) is 1.93. The van der Waals surface area contributed by atoms with E-state index in [0.717, 1.165) is 18.2 Å². The molecule has 0 unspecified atom stereocenters. The Kier molecular flexibility index (Phi) is 5.62. The summed E-state index contributed by atoms with van der Waals surface area (Å²) in [7, 11) is -3.49. The first-order valence-corrected chi connectivity index (χ1v) is 9.56. The van der Waals surface area contributed by atoms with Crippen molar-refractivity contribution in [3.8, 4) is 5.75 Å². The van der Waals surface area contributed by atoms with Crippen molar-refractivity contribution in [3.63, 3.8) is 0 Å². The molecular weight excluding hydrogens is 326 g/mol. The lowest BCUT2D eigenvalue weighted by Crippen LogP contribution is -2.16. The van der Waals surface area contributed by atoms with Gasteiger partial charge in [0.2, 0.25) is 0 Å². The van der Waals surface area contributed by atoms with Crippen molar-refractivity contribution >= 4 is 21.4 Å². The Balaban J connectivity index is 2.35. The minimum absolute atomic E-state index is 0.00522. The Morgan fingerprint density at radius 2 is 1.88 bits per heavy atom. The van der Waals surface area contributed by atoms with Crippen molar-refractivity contribution in [1.82, 2.24) is 0 Å². The second-order valence-corrected chi connectivity index (χ2v) is 7.55. The van der Waals surface area contributed by atoms with Crippen LogP contribution in [0.25, 0.3) is 0 Å². The van der Waals surface area contributed by atoms with Gasteiger partial charge < -0.3 is 10.1 Å². The van der Waals surface area contributed by atoms with Gasteiger partial charge in [-0.05, 0) is 43.2 Å². The standard InChI is InChI=1S/C18H21NO4S/c1-4-11-23-16-12-13(2)9-10-15(16)19-18(20)14-7-5-6-8-17(14)24(3,21)22/h5-10,12H,4,11H2,1-3H3,(H,19,20). The molecule has 5 nitrogen and oxygen atoms in total. The maximum absolute atomic E-state index is 12.6. The number of aryl methyl sites for hydroxylation is 1. The lowest BCUT2D eigenvalue weighted by molar-refractivity contribution is 0.102. The number of sulfone groups is 1. The molecule has 0 aliphatic heterocycles. The molecule has 1 amide bonds. The number of hydrogen-bond acceptors (Lipinski definition) is 4. The highest BCUT2D eigenvalue weighted by atomic mass is 32.2. The molecule has 2 aromatic rings. The monoisotopic (exact) mass is 347 g/mol. The maximum atomic E-state index is 12.6. The molecule has 0 heterocycles. The van der Waals surface area contributed by atoms with Crippen LogP contribution >= 0.6 is 0 Å². The van der Waals surface area contributed by atoms with Gasteiger partial charge in [0.25, 0.3) is 5.91 Å². The normalized spacial score (nSPS) is 11.1. The first-order chi connectivity index (χ1) is 11.3. The van der Waals surface area contributed by atoms with Crippen LogP contribution in [0.5, 0.6) is 5.75 Å². The van der Waals surface area contributed by atoms with Crippen molar-refractivity contribution in [1.29, 1.82) is 0 Å². The number of ether oxygens (including phenoxy) is 1. The Labute approximate surface area is 142 Å². The zero-order valence-corrected chi connectivity index (χ0v) is 14.8. The predicted octanol–water partition coefficient (Wildman–Crippen LogP) is 3.44. The fourth-order valence-electron chi connectivity index (χ4n) is 2.23. The summed E-state index contributed by atoms with van der Waals surface area (Å²) in [6, 6.07) is 11.6. The molecule has 0 saturated heterocycles. The van der Waals surface area contributed by atoms with Gasteiger partial charge in [0.1, 0.15) is 5.75 Å². The van der Waals surface area contributed by atoms with E-state index >= 15 is 0 Å². The van der Waals surface area contributed by atoms with Gasteiger partial charge >= 0.3 is 0 Å². The number of nitrogens with one attached hydrogen (secondary N) is 1. The number of carbonyl (C=O) groups is 1. The Morgan fingerprint density at radius 1 is 1.17 bits per heavy atom. The molecule has 0 aliphatic carbocycles. The zero-order chi connectivity index (χ0) is 17.7. The van der Waals surface area contributed by atoms with Crippen LogP contribution in [0.1, 0.15) is 29.3 Å². The van der Waals surface area contributed by atoms with E-state index in [9.17, 15) is 13.2 Å². The SMILES string of the molecule is CCCOc1cc(C)ccc1NC(=O)c1ccccc1S(C)(=O)=O. The summed E-state index contributed by atoms with van der Waals surface area (Å²) in [5, 5.41) is 2.75. The average Bonchev–Trinajstić information content (AvgIpc) is 2.54. The third-order valence-electron chi connectivity index (χ3n) is 3.38. The number of rotatable bonds is 6. The number of hydrogen-bond donors (Lipinski definition) is 1. The second kappa shape index (κ2) is 7.49. The molecule has 128 valence electrons. The lowest BCUT2D eigenvalue weighted by atomic mass is 10.1. The Bertz CT molecular complexity index is 844. The molecule has 0 aromatic heterocycles. The zero-order valence-electron chi connectivity index (χ0n) is 14.0. The van der Waals surface area contributed by atoms with E-state index < -0.39 is 15.7 Å². The van der Waals surface area contributed by atoms with Crippen molar-refractivity contribution in [3.05, 3.63) is 53.6 Å². The summed E-state index contributed by atoms with van der Waals surface area (Å²) in [5.41, 5.74) is 1.64. The first kappa shape index (κ1) is 18.0. The minimum Gasteiger partial charge on any atom is -0.491 e. The third-order valence-corrected chi connectivity index (χ3v) is 4.53. The molecule has 0 fully saturated rings. The van der Waals surface area contributed by atoms with E-state index in [4.69, 9.17) is 4.74 Å². The van der Waals surface area contributed by atoms with Gasteiger partial charge in [-0.1, -0.05) is 25.1 Å². The molecule has 0 atom stereocenters. The smallest absolute Gasteiger partial charge is 0.257 e. The maximum Gasteiger partial charge on any atom is 0.257 e. The highest BCUT2D eigenvalue weighted by Gasteiger charge is 2.19. The van der Waals surface area contributed by atoms with Crippen molar-refractivity contribution in [2.45, 2.75) is 25.2 Å². The van der Waals surface area contributed by atoms with Gasteiger partial charge in [0.15, 0.2) is 9.84 Å². The topological polar surface area (TPSA) is 72.5 Å². The summed E-state index contributed by atoms with van der Waals surface area (Å²) >= 11 is 0. The highest BCUT2D eigenvalue weighted by molar-refractivity contribution is 7.90. The number of amides is 1. The minimum atomic E-state index is -3.49. The predicted molar refractivity (Wildman–Crippen MR) is 94.5 cm³/mol. The second-order valence-electron chi connectivity index (χ2n) is 5.57. The molecule has 1 N–H and O–H groups in total. The molecule has 0 bridgehead atoms. The van der Waals surface area contributed by atoms with Crippen LogP contribution in [-0.4, -0.2) is 27.2 Å². The Hall–Kier alpha value is -2.34. The number of benzene rings is 2. The van der Waals surface area contributed by atoms with Crippen molar-refractivity contribution < 1.29 is 17.9 Å². The van der Waals surface area contributed by atoms with Crippen molar-refractivity contribution in [2.24, 2.45) is 0 Å². The van der Waals surface area contributed by atoms with Crippen LogP contribution in [0.2, 0.25) is 0 Å². The van der Waals surface area contributed by atoms with Gasteiger partial charge in [-0.15, -0.1) is 0 Å². The molecule has 2 aromatic carbocycles. The van der Waals surface area contributed by atoms with E-state index in [-0.39, 0.29) is 10.5 Å². The van der Waals surface area contributed by atoms with Crippen LogP contribution in [-0.2, 0) is 9.84 Å². The molecule has 2 rings (SSSR count). The average molecular weight is 347 g/mol. The van der Waals surface area contributed by atoms with Gasteiger partial charge in [-0.2, -0.15) is 0 Å². The van der Waals surface area contributed by atoms with Gasteiger partial charge in [0, 0.05) is 6.26 Å². The highest BCUT2D eigenvalue weighted by Crippen LogP contribution is 2.27. The molecule has 0 saturated carbocycles. The van der Waals surface area contributed by atoms with Crippen LogP contribution in [0.15, 0.2) is 47.4 Å². The quantitative estimate of drug-likeness (QED) is 0.869. The number of carbonyl (C=O) groups excluding carboxylic acids is 1. The summed E-state index contributed by atoms with van der Waals surface area (Å²) in [4.78, 5) is 12.6. The van der Waals surface area contributed by atoms with Crippen molar-refractivity contribution in [2.75, 3.05) is 18.2 Å². The largest absolute Gasteiger partial charge is 0.491 e.